The van der Waals surface area contributed by atoms with E-state index in [-0.39, 0.29) is 17.3 Å². The second-order valence-electron chi connectivity index (χ2n) is 4.34. The molecule has 21 heavy (non-hydrogen) atoms. The summed E-state index contributed by atoms with van der Waals surface area (Å²) >= 11 is 4.81. The molecule has 0 aliphatic carbocycles. The number of nitrogens with one attached hydrogen (secondary N) is 1. The lowest BCUT2D eigenvalue weighted by Crippen LogP contribution is -2.23. The number of hydrogen-bond acceptors (Lipinski definition) is 6. The van der Waals surface area contributed by atoms with E-state index in [1.807, 2.05) is 0 Å². The normalized spacial score (nSPS) is 11.5. The van der Waals surface area contributed by atoms with Crippen LogP contribution in [0.2, 0.25) is 0 Å². The van der Waals surface area contributed by atoms with Crippen molar-refractivity contribution in [3.8, 4) is 0 Å². The van der Waals surface area contributed by atoms with Crippen LogP contribution in [0.25, 0.3) is 0 Å². The van der Waals surface area contributed by atoms with Crippen LogP contribution in [0.1, 0.15) is 17.3 Å². The summed E-state index contributed by atoms with van der Waals surface area (Å²) in [5, 5.41) is 3.62. The second kappa shape index (κ2) is 6.29. The number of hydrogen-bond donors (Lipinski definition) is 2. The molecular formula is C12H14N4O3S2. The van der Waals surface area contributed by atoms with Crippen LogP contribution in [0, 0.1) is 6.92 Å². The van der Waals surface area contributed by atoms with E-state index in [1.165, 1.54) is 12.1 Å². The first-order chi connectivity index (χ1) is 9.87. The van der Waals surface area contributed by atoms with Crippen molar-refractivity contribution in [1.82, 2.24) is 14.9 Å². The number of rotatable bonds is 6. The first-order valence-corrected chi connectivity index (χ1v) is 7.92. The lowest BCUT2D eigenvalue weighted by molar-refractivity contribution is 0.387. The first kappa shape index (κ1) is 15.5. The number of aromatic nitrogens is 2. The third-order valence-corrected chi connectivity index (χ3v) is 4.16. The minimum Gasteiger partial charge on any atom is -0.393 e. The van der Waals surface area contributed by atoms with Gasteiger partial charge in [-0.05, 0) is 17.7 Å². The quantitative estimate of drug-likeness (QED) is 0.751. The molecule has 0 atom stereocenters. The Kier molecular flexibility index (Phi) is 4.66. The van der Waals surface area contributed by atoms with Gasteiger partial charge in [-0.2, -0.15) is 4.98 Å². The van der Waals surface area contributed by atoms with Gasteiger partial charge in [-0.1, -0.05) is 29.5 Å². The minimum atomic E-state index is -3.63. The van der Waals surface area contributed by atoms with Crippen molar-refractivity contribution in [1.29, 1.82) is 0 Å². The van der Waals surface area contributed by atoms with Gasteiger partial charge in [0.25, 0.3) is 0 Å². The summed E-state index contributed by atoms with van der Waals surface area (Å²) in [5.74, 6) is 0.660. The van der Waals surface area contributed by atoms with Gasteiger partial charge < -0.3 is 10.3 Å². The summed E-state index contributed by atoms with van der Waals surface area (Å²) in [6.45, 7) is 1.60. The van der Waals surface area contributed by atoms with E-state index in [4.69, 9.17) is 22.5 Å². The summed E-state index contributed by atoms with van der Waals surface area (Å²) < 4.78 is 31.4. The summed E-state index contributed by atoms with van der Waals surface area (Å²) in [6, 6.07) is 6.34. The van der Waals surface area contributed by atoms with Crippen molar-refractivity contribution in [3.63, 3.8) is 0 Å². The smallest absolute Gasteiger partial charge is 0.240 e. The minimum absolute atomic E-state index is 0.0334. The van der Waals surface area contributed by atoms with Gasteiger partial charge in [0.1, 0.15) is 0 Å². The summed E-state index contributed by atoms with van der Waals surface area (Å²) in [7, 11) is -3.63. The Balaban J connectivity index is 2.06. The molecule has 0 aliphatic rings. The van der Waals surface area contributed by atoms with Gasteiger partial charge in [-0.3, -0.25) is 0 Å². The molecule has 9 heteroatoms. The largest absolute Gasteiger partial charge is 0.393 e. The van der Waals surface area contributed by atoms with Crippen LogP contribution in [0.15, 0.2) is 33.7 Å². The zero-order valence-electron chi connectivity index (χ0n) is 11.2. The Morgan fingerprint density at radius 3 is 2.57 bits per heavy atom. The molecule has 0 saturated carbocycles. The van der Waals surface area contributed by atoms with Crippen LogP contribution in [0.3, 0.4) is 0 Å². The van der Waals surface area contributed by atoms with Gasteiger partial charge in [-0.15, -0.1) is 0 Å². The summed E-state index contributed by atoms with van der Waals surface area (Å²) in [6.07, 6.45) is 0.436. The van der Waals surface area contributed by atoms with Crippen LogP contribution in [-0.4, -0.2) is 23.5 Å². The maximum absolute atomic E-state index is 12.1. The van der Waals surface area contributed by atoms with Gasteiger partial charge in [-0.25, -0.2) is 13.1 Å². The Morgan fingerprint density at radius 1 is 1.38 bits per heavy atom. The fraction of sp³-hybridized carbons (Fsp3) is 0.250. The molecule has 0 fully saturated rings. The average molecular weight is 326 g/mol. The number of sulfonamides is 1. The molecule has 1 aromatic carbocycles. The molecule has 1 heterocycles. The number of aryl methyl sites for hydroxylation is 1. The molecular weight excluding hydrogens is 312 g/mol. The first-order valence-electron chi connectivity index (χ1n) is 6.03. The summed E-state index contributed by atoms with van der Waals surface area (Å²) in [5.41, 5.74) is 6.30. The molecule has 0 aliphatic heterocycles. The van der Waals surface area contributed by atoms with Gasteiger partial charge >= 0.3 is 0 Å². The van der Waals surface area contributed by atoms with E-state index in [0.717, 1.165) is 5.56 Å². The highest BCUT2D eigenvalue weighted by Crippen LogP contribution is 2.11. The predicted molar refractivity (Wildman–Crippen MR) is 80.0 cm³/mol. The molecule has 0 amide bonds. The van der Waals surface area contributed by atoms with Gasteiger partial charge in [0, 0.05) is 13.3 Å². The zero-order valence-corrected chi connectivity index (χ0v) is 12.9. The molecule has 1 aromatic heterocycles. The van der Waals surface area contributed by atoms with Crippen LogP contribution in [-0.2, 0) is 23.0 Å². The van der Waals surface area contributed by atoms with Crippen LogP contribution in [0.4, 0.5) is 0 Å². The fourth-order valence-corrected chi connectivity index (χ4v) is 2.79. The van der Waals surface area contributed by atoms with E-state index in [2.05, 4.69) is 14.9 Å². The van der Waals surface area contributed by atoms with Crippen LogP contribution in [0.5, 0.6) is 0 Å². The predicted octanol–water partition coefficient (Wildman–Crippen LogP) is 0.685. The second-order valence-corrected chi connectivity index (χ2v) is 6.63. The van der Waals surface area contributed by atoms with Crippen LogP contribution < -0.4 is 10.5 Å². The lowest BCUT2D eigenvalue weighted by atomic mass is 10.1. The molecule has 7 nitrogen and oxygen atoms in total. The molecule has 0 saturated heterocycles. The number of nitrogens with zero attached hydrogens (tertiary/aromatic N) is 2. The molecule has 112 valence electrons. The maximum atomic E-state index is 12.1. The molecule has 2 rings (SSSR count). The van der Waals surface area contributed by atoms with Crippen LogP contribution >= 0.6 is 12.2 Å². The monoisotopic (exact) mass is 326 g/mol. The van der Waals surface area contributed by atoms with E-state index in [1.54, 1.807) is 19.1 Å². The molecule has 0 unspecified atom stereocenters. The maximum Gasteiger partial charge on any atom is 0.240 e. The molecule has 2 aromatic rings. The Hall–Kier alpha value is -1.84. The van der Waals surface area contributed by atoms with E-state index in [9.17, 15) is 8.42 Å². The van der Waals surface area contributed by atoms with E-state index in [0.29, 0.717) is 17.3 Å². The Bertz CT molecular complexity index is 738. The number of benzene rings is 1. The zero-order chi connectivity index (χ0) is 15.5. The highest BCUT2D eigenvalue weighted by Gasteiger charge is 2.15. The third kappa shape index (κ3) is 4.31. The topological polar surface area (TPSA) is 111 Å². The fourth-order valence-electron chi connectivity index (χ4n) is 1.64. The molecule has 0 spiro atoms. The molecule has 0 bridgehead atoms. The Labute approximate surface area is 127 Å². The Morgan fingerprint density at radius 2 is 2.05 bits per heavy atom. The number of nitrogens with two attached hydrogens (primary N) is 1. The van der Waals surface area contributed by atoms with Gasteiger partial charge in [0.05, 0.1) is 16.4 Å². The van der Waals surface area contributed by atoms with Crippen molar-refractivity contribution in [2.24, 2.45) is 5.73 Å². The average Bonchev–Trinajstić information content (AvgIpc) is 2.82. The molecule has 0 radical (unpaired) electrons. The van der Waals surface area contributed by atoms with E-state index >= 15 is 0 Å². The number of thiocarbonyl (C=S) groups is 1. The lowest BCUT2D eigenvalue weighted by Gasteiger charge is -2.06. The van der Waals surface area contributed by atoms with Crippen molar-refractivity contribution in [2.75, 3.05) is 0 Å². The highest BCUT2D eigenvalue weighted by atomic mass is 32.2. The SMILES string of the molecule is Cc1nc(CNS(=O)(=O)c2ccc(CC(N)=S)cc2)no1. The highest BCUT2D eigenvalue weighted by molar-refractivity contribution is 7.89. The van der Waals surface area contributed by atoms with Gasteiger partial charge in [0.2, 0.25) is 15.9 Å². The van der Waals surface area contributed by atoms with Gasteiger partial charge in [0.15, 0.2) is 5.82 Å². The summed E-state index contributed by atoms with van der Waals surface area (Å²) in [4.78, 5) is 4.43. The van der Waals surface area contributed by atoms with Crippen molar-refractivity contribution in [2.45, 2.75) is 24.8 Å². The third-order valence-electron chi connectivity index (χ3n) is 2.60. The molecule has 3 N–H and O–H groups in total. The van der Waals surface area contributed by atoms with Crippen molar-refractivity contribution < 1.29 is 12.9 Å². The standard InChI is InChI=1S/C12H14N4O3S2/c1-8-15-12(16-19-8)7-14-21(17,18)10-4-2-9(3-5-10)6-11(13)20/h2-5,14H,6-7H2,1H3,(H2,13,20). The van der Waals surface area contributed by atoms with Crippen molar-refractivity contribution >= 4 is 27.2 Å². The van der Waals surface area contributed by atoms with E-state index < -0.39 is 10.0 Å². The van der Waals surface area contributed by atoms with Crippen molar-refractivity contribution in [3.05, 3.63) is 41.5 Å².